The van der Waals surface area contributed by atoms with Crippen molar-refractivity contribution in [2.45, 2.75) is 37.5 Å². The summed E-state index contributed by atoms with van der Waals surface area (Å²) in [6.07, 6.45) is -0.443. The standard InChI is InChI=1S/C22H20Cl2FNO4/c23-14-3-1-2-13(8-14)21-20(16-7-6-15(24)9-17(16)25)26(11-12-4-5-12)22(29)18(30-21)10-19(27)28/h1-3,6-9,12,18,20-21H,4-5,10-11H2,(H,27,28). The van der Waals surface area contributed by atoms with Gasteiger partial charge in [-0.15, -0.1) is 0 Å². The highest BCUT2D eigenvalue weighted by atomic mass is 35.5. The second-order valence-electron chi connectivity index (χ2n) is 7.74. The van der Waals surface area contributed by atoms with E-state index in [0.717, 1.165) is 12.8 Å². The number of rotatable bonds is 6. The molecule has 0 spiro atoms. The molecule has 3 unspecified atom stereocenters. The summed E-state index contributed by atoms with van der Waals surface area (Å²) in [7, 11) is 0. The number of carbonyl (C=O) groups is 2. The molecule has 1 aliphatic carbocycles. The average Bonchev–Trinajstić information content (AvgIpc) is 3.49. The predicted molar refractivity (Wildman–Crippen MR) is 110 cm³/mol. The van der Waals surface area contributed by atoms with Gasteiger partial charge in [0.2, 0.25) is 0 Å². The highest BCUT2D eigenvalue weighted by Gasteiger charge is 2.47. The number of aliphatic carboxylic acids is 1. The lowest BCUT2D eigenvalue weighted by atomic mass is 9.90. The minimum absolute atomic E-state index is 0.246. The number of carboxylic acid groups (broad SMARTS) is 1. The van der Waals surface area contributed by atoms with Crippen LogP contribution in [-0.2, 0) is 14.3 Å². The highest BCUT2D eigenvalue weighted by Crippen LogP contribution is 2.45. The molecule has 8 heteroatoms. The summed E-state index contributed by atoms with van der Waals surface area (Å²) in [5.74, 6) is -1.81. The van der Waals surface area contributed by atoms with Crippen molar-refractivity contribution in [2.24, 2.45) is 5.92 Å². The zero-order valence-electron chi connectivity index (χ0n) is 15.9. The van der Waals surface area contributed by atoms with Crippen LogP contribution in [0.2, 0.25) is 10.0 Å². The molecule has 2 aliphatic rings. The van der Waals surface area contributed by atoms with Gasteiger partial charge in [-0.05, 0) is 48.6 Å². The summed E-state index contributed by atoms with van der Waals surface area (Å²) in [6, 6.07) is 10.5. The molecule has 2 fully saturated rings. The number of hydrogen-bond donors (Lipinski definition) is 1. The molecule has 3 atom stereocenters. The molecule has 5 nitrogen and oxygen atoms in total. The SMILES string of the molecule is O=C(O)CC1OC(c2cccc(Cl)c2)C(c2ccc(Cl)cc2F)N(CC2CC2)C1=O. The van der Waals surface area contributed by atoms with E-state index in [9.17, 15) is 19.1 Å². The molecule has 2 aromatic rings. The Morgan fingerprint density at radius 2 is 1.90 bits per heavy atom. The first-order valence-corrected chi connectivity index (χ1v) is 10.5. The maximum Gasteiger partial charge on any atom is 0.306 e. The monoisotopic (exact) mass is 451 g/mol. The molecular formula is C22H20Cl2FNO4. The van der Waals surface area contributed by atoms with Gasteiger partial charge in [0.05, 0.1) is 12.5 Å². The van der Waals surface area contributed by atoms with Crippen molar-refractivity contribution in [1.29, 1.82) is 0 Å². The Hall–Kier alpha value is -2.15. The number of carboxylic acids is 1. The van der Waals surface area contributed by atoms with Gasteiger partial charge in [-0.25, -0.2) is 4.39 Å². The summed E-state index contributed by atoms with van der Waals surface area (Å²) in [5, 5.41) is 9.99. The second kappa shape index (κ2) is 8.53. The van der Waals surface area contributed by atoms with Crippen LogP contribution in [0.5, 0.6) is 0 Å². The molecule has 1 aliphatic heterocycles. The molecule has 158 valence electrons. The predicted octanol–water partition coefficient (Wildman–Crippen LogP) is 5.03. The lowest BCUT2D eigenvalue weighted by Gasteiger charge is -2.45. The summed E-state index contributed by atoms with van der Waals surface area (Å²) in [6.45, 7) is 0.419. The van der Waals surface area contributed by atoms with Gasteiger partial charge in [0, 0.05) is 22.2 Å². The Morgan fingerprint density at radius 1 is 1.17 bits per heavy atom. The van der Waals surface area contributed by atoms with E-state index < -0.39 is 42.4 Å². The van der Waals surface area contributed by atoms with Gasteiger partial charge in [0.25, 0.3) is 5.91 Å². The number of carbonyl (C=O) groups excluding carboxylic acids is 1. The minimum Gasteiger partial charge on any atom is -0.481 e. The maximum atomic E-state index is 15.0. The molecule has 2 aromatic carbocycles. The molecule has 0 aromatic heterocycles. The number of benzene rings is 2. The average molecular weight is 452 g/mol. The van der Waals surface area contributed by atoms with Gasteiger partial charge in [-0.3, -0.25) is 9.59 Å². The van der Waals surface area contributed by atoms with E-state index in [2.05, 4.69) is 0 Å². The number of hydrogen-bond acceptors (Lipinski definition) is 3. The lowest BCUT2D eigenvalue weighted by molar-refractivity contribution is -0.179. The Bertz CT molecular complexity index is 981. The first kappa shape index (κ1) is 21.1. The van der Waals surface area contributed by atoms with Gasteiger partial charge in [0.1, 0.15) is 18.0 Å². The molecule has 1 saturated heterocycles. The number of ether oxygens (including phenoxy) is 1. The topological polar surface area (TPSA) is 66.8 Å². The molecule has 30 heavy (non-hydrogen) atoms. The number of amides is 1. The van der Waals surface area contributed by atoms with Crippen LogP contribution < -0.4 is 0 Å². The fourth-order valence-electron chi connectivity index (χ4n) is 3.89. The van der Waals surface area contributed by atoms with Crippen LogP contribution in [0.25, 0.3) is 0 Å². The molecule has 1 heterocycles. The van der Waals surface area contributed by atoms with Gasteiger partial charge in [-0.1, -0.05) is 41.4 Å². The smallest absolute Gasteiger partial charge is 0.306 e. The van der Waals surface area contributed by atoms with Crippen molar-refractivity contribution in [2.75, 3.05) is 6.54 Å². The van der Waals surface area contributed by atoms with Gasteiger partial charge in [-0.2, -0.15) is 0 Å². The van der Waals surface area contributed by atoms with Crippen molar-refractivity contribution in [3.05, 3.63) is 69.5 Å². The van der Waals surface area contributed by atoms with E-state index in [-0.39, 0.29) is 10.6 Å². The zero-order chi connectivity index (χ0) is 21.4. The molecule has 1 N–H and O–H groups in total. The quantitative estimate of drug-likeness (QED) is 0.668. The maximum absolute atomic E-state index is 15.0. The molecule has 1 saturated carbocycles. The van der Waals surface area contributed by atoms with Crippen LogP contribution in [0.3, 0.4) is 0 Å². The first-order chi connectivity index (χ1) is 14.3. The third-order valence-electron chi connectivity index (χ3n) is 5.46. The Labute approximate surface area is 183 Å². The van der Waals surface area contributed by atoms with Gasteiger partial charge in [0.15, 0.2) is 0 Å². The number of morpholine rings is 1. The van der Waals surface area contributed by atoms with Crippen molar-refractivity contribution in [1.82, 2.24) is 4.90 Å². The highest BCUT2D eigenvalue weighted by molar-refractivity contribution is 6.30. The first-order valence-electron chi connectivity index (χ1n) is 9.71. The lowest BCUT2D eigenvalue weighted by Crippen LogP contribution is -2.52. The summed E-state index contributed by atoms with van der Waals surface area (Å²) >= 11 is 12.1. The Kier molecular flexibility index (Phi) is 6.00. The van der Waals surface area contributed by atoms with Gasteiger partial charge < -0.3 is 14.7 Å². The summed E-state index contributed by atoms with van der Waals surface area (Å²) in [4.78, 5) is 26.1. The van der Waals surface area contributed by atoms with Crippen molar-refractivity contribution in [3.8, 4) is 0 Å². The zero-order valence-corrected chi connectivity index (χ0v) is 17.4. The van der Waals surface area contributed by atoms with Crippen molar-refractivity contribution in [3.63, 3.8) is 0 Å². The van der Waals surface area contributed by atoms with Crippen LogP contribution in [0, 0.1) is 11.7 Å². The van der Waals surface area contributed by atoms with E-state index in [1.54, 1.807) is 41.3 Å². The number of halogens is 3. The molecular weight excluding hydrogens is 432 g/mol. The minimum atomic E-state index is -1.16. The third-order valence-corrected chi connectivity index (χ3v) is 5.93. The van der Waals surface area contributed by atoms with E-state index in [4.69, 9.17) is 27.9 Å². The fourth-order valence-corrected chi connectivity index (χ4v) is 4.25. The van der Waals surface area contributed by atoms with E-state index >= 15 is 0 Å². The van der Waals surface area contributed by atoms with Crippen LogP contribution in [0.15, 0.2) is 42.5 Å². The number of nitrogens with zero attached hydrogens (tertiary/aromatic N) is 1. The summed E-state index contributed by atoms with van der Waals surface area (Å²) in [5.41, 5.74) is 0.915. The van der Waals surface area contributed by atoms with Crippen LogP contribution in [0.1, 0.15) is 42.5 Å². The van der Waals surface area contributed by atoms with Crippen molar-refractivity contribution >= 4 is 35.1 Å². The fraction of sp³-hybridized carbons (Fsp3) is 0.364. The third kappa shape index (κ3) is 4.46. The Balaban J connectivity index is 1.82. The summed E-state index contributed by atoms with van der Waals surface area (Å²) < 4.78 is 21.0. The molecule has 1 amide bonds. The van der Waals surface area contributed by atoms with Crippen molar-refractivity contribution < 1.29 is 23.8 Å². The molecule has 0 bridgehead atoms. The molecule has 0 radical (unpaired) electrons. The van der Waals surface area contributed by atoms with Crippen LogP contribution >= 0.6 is 23.2 Å². The largest absolute Gasteiger partial charge is 0.481 e. The van der Waals surface area contributed by atoms with Crippen LogP contribution in [-0.4, -0.2) is 34.5 Å². The van der Waals surface area contributed by atoms with E-state index in [1.807, 2.05) is 0 Å². The van der Waals surface area contributed by atoms with Gasteiger partial charge >= 0.3 is 5.97 Å². The Morgan fingerprint density at radius 3 is 2.53 bits per heavy atom. The van der Waals surface area contributed by atoms with Crippen LogP contribution in [0.4, 0.5) is 4.39 Å². The second-order valence-corrected chi connectivity index (χ2v) is 8.62. The normalized spacial score (nSPS) is 24.2. The van der Waals surface area contributed by atoms with E-state index in [0.29, 0.717) is 23.0 Å². The van der Waals surface area contributed by atoms with E-state index in [1.165, 1.54) is 6.07 Å². The molecule has 4 rings (SSSR count).